The second kappa shape index (κ2) is 10.4. The fraction of sp³-hybridized carbons (Fsp3) is 0.529. The van der Waals surface area contributed by atoms with Crippen molar-refractivity contribution in [1.82, 2.24) is 20.8 Å². The van der Waals surface area contributed by atoms with Crippen molar-refractivity contribution in [3.05, 3.63) is 42.5 Å². The maximum atomic E-state index is 9.19. The zero-order chi connectivity index (χ0) is 16.3. The first-order valence-electron chi connectivity index (χ1n) is 8.27. The summed E-state index contributed by atoms with van der Waals surface area (Å²) in [6, 6.07) is 7.27. The van der Waals surface area contributed by atoms with Crippen molar-refractivity contribution in [1.29, 1.82) is 0 Å². The molecular formula is C17H28N4O2. The number of nitrogens with one attached hydrogen (secondary N) is 2. The molecule has 0 saturated carbocycles. The van der Waals surface area contributed by atoms with Crippen molar-refractivity contribution in [3.63, 3.8) is 0 Å². The summed E-state index contributed by atoms with van der Waals surface area (Å²) in [6.45, 7) is 11.7. The van der Waals surface area contributed by atoms with E-state index in [2.05, 4.69) is 17.2 Å². The molecule has 0 unspecified atom stereocenters. The molecule has 2 heterocycles. The third-order valence-electron chi connectivity index (χ3n) is 3.74. The lowest BCUT2D eigenvalue weighted by Gasteiger charge is -2.33. The largest absolute Gasteiger partial charge is 0.508 e. The van der Waals surface area contributed by atoms with E-state index >= 15 is 0 Å². The monoisotopic (exact) mass is 320 g/mol. The highest BCUT2D eigenvalue weighted by Crippen LogP contribution is 2.15. The molecule has 2 aliphatic rings. The molecule has 3 N–H and O–H groups in total. The van der Waals surface area contributed by atoms with Crippen LogP contribution in [0.5, 0.6) is 5.75 Å². The summed E-state index contributed by atoms with van der Waals surface area (Å²) >= 11 is 0. The van der Waals surface area contributed by atoms with Crippen LogP contribution in [0.2, 0.25) is 0 Å². The molecule has 3 rings (SSSR count). The van der Waals surface area contributed by atoms with E-state index in [9.17, 15) is 5.11 Å². The van der Waals surface area contributed by atoms with Crippen molar-refractivity contribution < 1.29 is 10.0 Å². The number of nitrogens with zero attached hydrogens (tertiary/aromatic N) is 2. The van der Waals surface area contributed by atoms with Crippen LogP contribution in [0.3, 0.4) is 0 Å². The van der Waals surface area contributed by atoms with Gasteiger partial charge in [-0.2, -0.15) is 10.1 Å². The SMILES string of the molecule is C1CN(ON2CCNCC2)CCN1.C=CCc1ccccc1O. The maximum absolute atomic E-state index is 9.19. The second-order valence-electron chi connectivity index (χ2n) is 5.56. The first kappa shape index (κ1) is 17.9. The van der Waals surface area contributed by atoms with Crippen LogP contribution in [0.1, 0.15) is 5.56 Å². The van der Waals surface area contributed by atoms with Crippen LogP contribution in [0, 0.1) is 0 Å². The first-order valence-corrected chi connectivity index (χ1v) is 8.27. The van der Waals surface area contributed by atoms with Gasteiger partial charge in [0.1, 0.15) is 5.75 Å². The molecule has 23 heavy (non-hydrogen) atoms. The van der Waals surface area contributed by atoms with Crippen molar-refractivity contribution in [2.24, 2.45) is 0 Å². The summed E-state index contributed by atoms with van der Waals surface area (Å²) in [7, 11) is 0. The molecule has 0 spiro atoms. The van der Waals surface area contributed by atoms with E-state index in [1.807, 2.05) is 28.3 Å². The van der Waals surface area contributed by atoms with Crippen LogP contribution in [-0.2, 0) is 11.4 Å². The number of para-hydroxylation sites is 1. The van der Waals surface area contributed by atoms with Crippen molar-refractivity contribution in [2.75, 3.05) is 52.4 Å². The fourth-order valence-corrected chi connectivity index (χ4v) is 2.45. The van der Waals surface area contributed by atoms with E-state index < -0.39 is 0 Å². The summed E-state index contributed by atoms with van der Waals surface area (Å²) < 4.78 is 0. The number of hydrogen-bond donors (Lipinski definition) is 3. The van der Waals surface area contributed by atoms with Gasteiger partial charge in [-0.3, -0.25) is 0 Å². The maximum Gasteiger partial charge on any atom is 0.119 e. The van der Waals surface area contributed by atoms with Crippen molar-refractivity contribution >= 4 is 0 Å². The topological polar surface area (TPSA) is 60.0 Å². The van der Waals surface area contributed by atoms with Crippen LogP contribution >= 0.6 is 0 Å². The zero-order valence-corrected chi connectivity index (χ0v) is 13.7. The predicted octanol–water partition coefficient (Wildman–Crippen LogP) is 0.764. The Labute approximate surface area is 138 Å². The van der Waals surface area contributed by atoms with Gasteiger partial charge in [-0.15, -0.1) is 6.58 Å². The van der Waals surface area contributed by atoms with E-state index in [0.29, 0.717) is 5.75 Å². The molecule has 1 aromatic carbocycles. The Morgan fingerprint density at radius 3 is 2.00 bits per heavy atom. The van der Waals surface area contributed by atoms with Gasteiger partial charge in [-0.1, -0.05) is 24.3 Å². The molecule has 0 aromatic heterocycles. The Bertz CT molecular complexity index is 442. The van der Waals surface area contributed by atoms with E-state index in [1.165, 1.54) is 0 Å². The van der Waals surface area contributed by atoms with Gasteiger partial charge in [0.05, 0.1) is 0 Å². The first-order chi connectivity index (χ1) is 11.3. The molecule has 6 heteroatoms. The molecule has 2 aliphatic heterocycles. The number of hydrogen-bond acceptors (Lipinski definition) is 6. The van der Waals surface area contributed by atoms with Gasteiger partial charge in [0.15, 0.2) is 0 Å². The summed E-state index contributed by atoms with van der Waals surface area (Å²) in [5, 5.41) is 19.9. The van der Waals surface area contributed by atoms with Crippen LogP contribution in [0.25, 0.3) is 0 Å². The normalized spacial score (nSPS) is 19.7. The van der Waals surface area contributed by atoms with Crippen LogP contribution in [0.15, 0.2) is 36.9 Å². The van der Waals surface area contributed by atoms with Crippen molar-refractivity contribution in [2.45, 2.75) is 6.42 Å². The highest BCUT2D eigenvalue weighted by atomic mass is 16.8. The van der Waals surface area contributed by atoms with Crippen LogP contribution in [0.4, 0.5) is 0 Å². The summed E-state index contributed by atoms with van der Waals surface area (Å²) in [5.74, 6) is 0.349. The Hall–Kier alpha value is -1.44. The summed E-state index contributed by atoms with van der Waals surface area (Å²) in [4.78, 5) is 5.72. The number of aromatic hydroxyl groups is 1. The zero-order valence-electron chi connectivity index (χ0n) is 13.7. The number of benzene rings is 1. The molecule has 0 aliphatic carbocycles. The lowest BCUT2D eigenvalue weighted by molar-refractivity contribution is -0.329. The van der Waals surface area contributed by atoms with Gasteiger partial charge in [0, 0.05) is 52.4 Å². The van der Waals surface area contributed by atoms with Gasteiger partial charge in [-0.25, -0.2) is 4.94 Å². The van der Waals surface area contributed by atoms with E-state index in [0.717, 1.165) is 64.3 Å². The predicted molar refractivity (Wildman–Crippen MR) is 92.0 cm³/mol. The highest BCUT2D eigenvalue weighted by Gasteiger charge is 2.16. The Morgan fingerprint density at radius 1 is 1.00 bits per heavy atom. The third kappa shape index (κ3) is 6.68. The molecule has 2 saturated heterocycles. The number of phenolic OH excluding ortho intramolecular Hbond substituents is 1. The number of rotatable bonds is 4. The molecule has 2 fully saturated rings. The number of phenols is 1. The molecule has 0 radical (unpaired) electrons. The van der Waals surface area contributed by atoms with Crippen LogP contribution < -0.4 is 10.6 Å². The number of piperazine rings is 2. The summed E-state index contributed by atoms with van der Waals surface area (Å²) in [6.07, 6.45) is 2.50. The molecule has 6 nitrogen and oxygen atoms in total. The Morgan fingerprint density at radius 2 is 1.52 bits per heavy atom. The number of allylic oxidation sites excluding steroid dienone is 1. The molecule has 0 amide bonds. The van der Waals surface area contributed by atoms with E-state index in [4.69, 9.17) is 4.94 Å². The molecule has 128 valence electrons. The van der Waals surface area contributed by atoms with Gasteiger partial charge in [0.25, 0.3) is 0 Å². The van der Waals surface area contributed by atoms with Gasteiger partial charge >= 0.3 is 0 Å². The van der Waals surface area contributed by atoms with Crippen molar-refractivity contribution in [3.8, 4) is 5.75 Å². The minimum atomic E-state index is 0.349. The van der Waals surface area contributed by atoms with E-state index in [-0.39, 0.29) is 0 Å². The molecule has 0 atom stereocenters. The Balaban J connectivity index is 0.000000174. The summed E-state index contributed by atoms with van der Waals surface area (Å²) in [5.41, 5.74) is 0.928. The Kier molecular flexibility index (Phi) is 8.06. The standard InChI is InChI=1S/C9H10O.C8H18N4O/c1-2-5-8-6-3-4-7-9(8)10;1-5-11(6-2-9-1)13-12-7-3-10-4-8-12/h2-4,6-7,10H,1,5H2;9-10H,1-8H2. The van der Waals surface area contributed by atoms with Gasteiger partial charge in [-0.05, 0) is 18.1 Å². The third-order valence-corrected chi connectivity index (χ3v) is 3.74. The van der Waals surface area contributed by atoms with Gasteiger partial charge < -0.3 is 15.7 Å². The highest BCUT2D eigenvalue weighted by molar-refractivity contribution is 5.32. The lowest BCUT2D eigenvalue weighted by atomic mass is 10.1. The molecular weight excluding hydrogens is 292 g/mol. The average molecular weight is 320 g/mol. The fourth-order valence-electron chi connectivity index (χ4n) is 2.45. The lowest BCUT2D eigenvalue weighted by Crippen LogP contribution is -2.51. The molecule has 1 aromatic rings. The van der Waals surface area contributed by atoms with Gasteiger partial charge in [0.2, 0.25) is 0 Å². The quantitative estimate of drug-likeness (QED) is 0.712. The minimum Gasteiger partial charge on any atom is -0.508 e. The van der Waals surface area contributed by atoms with E-state index in [1.54, 1.807) is 12.1 Å². The minimum absolute atomic E-state index is 0.349. The second-order valence-corrected chi connectivity index (χ2v) is 5.56. The van der Waals surface area contributed by atoms with Crippen LogP contribution in [-0.4, -0.2) is 67.6 Å². The molecule has 0 bridgehead atoms. The smallest absolute Gasteiger partial charge is 0.119 e. The number of hydroxylamine groups is 4. The average Bonchev–Trinajstić information content (AvgIpc) is 2.60.